The van der Waals surface area contributed by atoms with Crippen LogP contribution in [-0.4, -0.2) is 12.4 Å². The molecule has 0 spiro atoms. The predicted octanol–water partition coefficient (Wildman–Crippen LogP) is 6.50. The van der Waals surface area contributed by atoms with Crippen LogP contribution in [0, 0.1) is 23.2 Å². The molecule has 2 aliphatic carbocycles. The van der Waals surface area contributed by atoms with Gasteiger partial charge in [0.05, 0.1) is 0 Å². The van der Waals surface area contributed by atoms with E-state index < -0.39 is 29.6 Å². The maximum Gasteiger partial charge on any atom is 0.403 e. The highest BCUT2D eigenvalue weighted by Gasteiger charge is 2.76. The molecule has 0 aromatic heterocycles. The van der Waals surface area contributed by atoms with E-state index in [0.29, 0.717) is 19.3 Å². The van der Waals surface area contributed by atoms with Crippen molar-refractivity contribution >= 4 is 0 Å². The summed E-state index contributed by atoms with van der Waals surface area (Å²) in [5.41, 5.74) is -3.50. The van der Waals surface area contributed by atoms with Crippen LogP contribution in [-0.2, 0) is 0 Å². The second kappa shape index (κ2) is 6.23. The molecule has 0 aromatic carbocycles. The first-order chi connectivity index (χ1) is 10.1. The van der Waals surface area contributed by atoms with Crippen molar-refractivity contribution in [2.75, 3.05) is 0 Å². The number of hydrogen-bond donors (Lipinski definition) is 0. The van der Waals surface area contributed by atoms with Gasteiger partial charge in [-0.05, 0) is 43.4 Å². The lowest BCUT2D eigenvalue weighted by Crippen LogP contribution is -2.60. The molecule has 0 N–H and O–H groups in total. The average Bonchev–Trinajstić information content (AvgIpc) is 2.37. The van der Waals surface area contributed by atoms with Gasteiger partial charge in [0.25, 0.3) is 0 Å². The summed E-state index contributed by atoms with van der Waals surface area (Å²) in [4.78, 5) is 0. The fraction of sp³-hybridized carbons (Fsp3) is 1.00. The largest absolute Gasteiger partial charge is 0.403 e. The molecular weight excluding hydrogens is 306 g/mol. The Balaban J connectivity index is 2.49. The van der Waals surface area contributed by atoms with Crippen molar-refractivity contribution in [3.8, 4) is 0 Å². The van der Waals surface area contributed by atoms with Crippen molar-refractivity contribution in [2.45, 2.75) is 77.1 Å². The van der Waals surface area contributed by atoms with E-state index >= 15 is 0 Å². The quantitative estimate of drug-likeness (QED) is 0.507. The van der Waals surface area contributed by atoms with Gasteiger partial charge in [-0.2, -0.15) is 26.3 Å². The smallest absolute Gasteiger partial charge is 0.170 e. The standard InChI is InChI=1S/C16H24F6/c1-11-6-5-9-13(10-11)14(15(17,18)19,16(20,21)22)12-7-3-2-4-8-12/h11-13H,2-10H2,1H3. The van der Waals surface area contributed by atoms with E-state index in [1.54, 1.807) is 6.92 Å². The molecule has 0 nitrogen and oxygen atoms in total. The normalized spacial score (nSPS) is 29.6. The lowest BCUT2D eigenvalue weighted by Gasteiger charge is -2.51. The monoisotopic (exact) mass is 330 g/mol. The van der Waals surface area contributed by atoms with Crippen molar-refractivity contribution in [1.82, 2.24) is 0 Å². The predicted molar refractivity (Wildman–Crippen MR) is 72.2 cm³/mol. The molecule has 2 atom stereocenters. The van der Waals surface area contributed by atoms with E-state index in [9.17, 15) is 26.3 Å². The molecule has 0 aromatic rings. The molecule has 0 amide bonds. The number of alkyl halides is 6. The van der Waals surface area contributed by atoms with Gasteiger partial charge in [0.1, 0.15) is 0 Å². The van der Waals surface area contributed by atoms with Crippen molar-refractivity contribution in [3.05, 3.63) is 0 Å². The van der Waals surface area contributed by atoms with Crippen LogP contribution in [0.2, 0.25) is 0 Å². The highest BCUT2D eigenvalue weighted by Crippen LogP contribution is 2.64. The maximum absolute atomic E-state index is 13.8. The molecule has 0 bridgehead atoms. The average molecular weight is 330 g/mol. The molecule has 0 saturated heterocycles. The lowest BCUT2D eigenvalue weighted by molar-refractivity contribution is -0.382. The summed E-state index contributed by atoms with van der Waals surface area (Å²) in [6, 6.07) is 0. The topological polar surface area (TPSA) is 0 Å². The Labute approximate surface area is 127 Å². The van der Waals surface area contributed by atoms with Crippen LogP contribution in [0.4, 0.5) is 26.3 Å². The minimum absolute atomic E-state index is 0.0372. The third-order valence-corrected chi connectivity index (χ3v) is 5.77. The zero-order valence-corrected chi connectivity index (χ0v) is 12.9. The minimum atomic E-state index is -5.23. The van der Waals surface area contributed by atoms with Gasteiger partial charge in [0.15, 0.2) is 5.41 Å². The summed E-state index contributed by atoms with van der Waals surface area (Å²) in [6.07, 6.45) is -7.41. The van der Waals surface area contributed by atoms with Crippen LogP contribution in [0.3, 0.4) is 0 Å². The molecular formula is C16H24F6. The molecule has 6 heteroatoms. The molecule has 2 saturated carbocycles. The lowest BCUT2D eigenvalue weighted by atomic mass is 9.56. The van der Waals surface area contributed by atoms with E-state index in [1.807, 2.05) is 0 Å². The molecule has 22 heavy (non-hydrogen) atoms. The summed E-state index contributed by atoms with van der Waals surface area (Å²) < 4.78 is 83.1. The van der Waals surface area contributed by atoms with Gasteiger partial charge in [0, 0.05) is 0 Å². The van der Waals surface area contributed by atoms with Crippen LogP contribution >= 0.6 is 0 Å². The Morgan fingerprint density at radius 1 is 0.636 bits per heavy atom. The molecule has 0 heterocycles. The van der Waals surface area contributed by atoms with Gasteiger partial charge in [-0.25, -0.2) is 0 Å². The van der Waals surface area contributed by atoms with E-state index in [4.69, 9.17) is 0 Å². The van der Waals surface area contributed by atoms with E-state index in [-0.39, 0.29) is 31.6 Å². The molecule has 2 unspecified atom stereocenters. The van der Waals surface area contributed by atoms with Crippen LogP contribution in [0.1, 0.15) is 64.7 Å². The molecule has 2 fully saturated rings. The minimum Gasteiger partial charge on any atom is -0.170 e. The highest BCUT2D eigenvalue weighted by molar-refractivity contribution is 5.04. The Bertz CT molecular complexity index is 350. The van der Waals surface area contributed by atoms with Gasteiger partial charge in [-0.3, -0.25) is 0 Å². The van der Waals surface area contributed by atoms with Crippen molar-refractivity contribution in [1.29, 1.82) is 0 Å². The summed E-state index contributed by atoms with van der Waals surface area (Å²) >= 11 is 0. The zero-order chi connectivity index (χ0) is 16.6. The van der Waals surface area contributed by atoms with Gasteiger partial charge in [0.2, 0.25) is 0 Å². The van der Waals surface area contributed by atoms with E-state index in [1.165, 1.54) is 0 Å². The molecule has 2 rings (SSSR count). The highest BCUT2D eigenvalue weighted by atomic mass is 19.4. The first-order valence-corrected chi connectivity index (χ1v) is 8.24. The summed E-state index contributed by atoms with van der Waals surface area (Å²) in [5, 5.41) is 0. The number of rotatable bonds is 2. The Kier molecular flexibility index (Phi) is 5.08. The Hall–Kier alpha value is -0.420. The second-order valence-electron chi connectivity index (χ2n) is 7.17. The molecule has 0 radical (unpaired) electrons. The zero-order valence-electron chi connectivity index (χ0n) is 12.9. The van der Waals surface area contributed by atoms with Crippen LogP contribution in [0.5, 0.6) is 0 Å². The van der Waals surface area contributed by atoms with Gasteiger partial charge in [-0.1, -0.05) is 39.0 Å². The first-order valence-electron chi connectivity index (χ1n) is 8.24. The third kappa shape index (κ3) is 2.99. The third-order valence-electron chi connectivity index (χ3n) is 5.77. The maximum atomic E-state index is 13.8. The van der Waals surface area contributed by atoms with Gasteiger partial charge < -0.3 is 0 Å². The Morgan fingerprint density at radius 3 is 1.59 bits per heavy atom. The van der Waals surface area contributed by atoms with Crippen molar-refractivity contribution in [2.24, 2.45) is 23.2 Å². The van der Waals surface area contributed by atoms with Crippen LogP contribution < -0.4 is 0 Å². The van der Waals surface area contributed by atoms with E-state index in [0.717, 1.165) is 12.8 Å². The molecule has 2 aliphatic rings. The first kappa shape index (κ1) is 17.9. The summed E-state index contributed by atoms with van der Waals surface area (Å²) in [5.74, 6) is -2.69. The summed E-state index contributed by atoms with van der Waals surface area (Å²) in [6.45, 7) is 1.77. The molecule has 130 valence electrons. The molecule has 0 aliphatic heterocycles. The van der Waals surface area contributed by atoms with Crippen LogP contribution in [0.25, 0.3) is 0 Å². The number of hydrogen-bond acceptors (Lipinski definition) is 0. The fourth-order valence-corrected chi connectivity index (χ4v) is 4.83. The summed E-state index contributed by atoms with van der Waals surface area (Å²) in [7, 11) is 0. The SMILES string of the molecule is CC1CCCC(C(C2CCCCC2)(C(F)(F)F)C(F)(F)F)C1. The van der Waals surface area contributed by atoms with Crippen LogP contribution in [0.15, 0.2) is 0 Å². The number of halogens is 6. The van der Waals surface area contributed by atoms with Crippen molar-refractivity contribution in [3.63, 3.8) is 0 Å². The Morgan fingerprint density at radius 2 is 1.14 bits per heavy atom. The van der Waals surface area contributed by atoms with Gasteiger partial charge >= 0.3 is 12.4 Å². The van der Waals surface area contributed by atoms with E-state index in [2.05, 4.69) is 0 Å². The second-order valence-corrected chi connectivity index (χ2v) is 7.17. The van der Waals surface area contributed by atoms with Gasteiger partial charge in [-0.15, -0.1) is 0 Å². The van der Waals surface area contributed by atoms with Crippen molar-refractivity contribution < 1.29 is 26.3 Å². The fourth-order valence-electron chi connectivity index (χ4n) is 4.83.